The van der Waals surface area contributed by atoms with E-state index in [9.17, 15) is 9.50 Å². The predicted octanol–water partition coefficient (Wildman–Crippen LogP) is 2.99. The van der Waals surface area contributed by atoms with E-state index in [4.69, 9.17) is 4.74 Å². The molecule has 1 fully saturated rings. The van der Waals surface area contributed by atoms with E-state index < -0.39 is 5.60 Å². The minimum absolute atomic E-state index is 0.275. The van der Waals surface area contributed by atoms with Crippen LogP contribution in [0.2, 0.25) is 0 Å². The fourth-order valence-electron chi connectivity index (χ4n) is 2.46. The summed E-state index contributed by atoms with van der Waals surface area (Å²) < 4.78 is 18.6. The molecular formula is C14H19FO2. The molecule has 1 saturated heterocycles. The molecule has 0 aliphatic carbocycles. The number of hydrogen-bond donors (Lipinski definition) is 1. The van der Waals surface area contributed by atoms with E-state index in [1.54, 1.807) is 12.1 Å². The highest BCUT2D eigenvalue weighted by Gasteiger charge is 2.42. The molecule has 1 aromatic carbocycles. The molecule has 0 aromatic heterocycles. The first-order chi connectivity index (χ1) is 7.97. The lowest BCUT2D eigenvalue weighted by molar-refractivity contribution is -0.157. The Bertz CT molecular complexity index is 390. The first-order valence-electron chi connectivity index (χ1n) is 6.10. The summed E-state index contributed by atoms with van der Waals surface area (Å²) in [6.07, 6.45) is 1.98. The molecule has 2 nitrogen and oxygen atoms in total. The molecule has 0 amide bonds. The van der Waals surface area contributed by atoms with Gasteiger partial charge in [-0.25, -0.2) is 4.39 Å². The summed E-state index contributed by atoms with van der Waals surface area (Å²) >= 11 is 0. The lowest BCUT2D eigenvalue weighted by Crippen LogP contribution is -2.45. The maximum absolute atomic E-state index is 12.9. The number of benzene rings is 1. The Morgan fingerprint density at radius 1 is 1.35 bits per heavy atom. The van der Waals surface area contributed by atoms with Gasteiger partial charge in [0, 0.05) is 12.8 Å². The van der Waals surface area contributed by atoms with Crippen LogP contribution in [-0.4, -0.2) is 17.3 Å². The van der Waals surface area contributed by atoms with Crippen molar-refractivity contribution in [1.82, 2.24) is 0 Å². The van der Waals surface area contributed by atoms with E-state index in [1.807, 2.05) is 6.92 Å². The van der Waals surface area contributed by atoms with Crippen LogP contribution >= 0.6 is 0 Å². The van der Waals surface area contributed by atoms with E-state index in [-0.39, 0.29) is 11.4 Å². The summed E-state index contributed by atoms with van der Waals surface area (Å²) in [4.78, 5) is 0. The number of halogens is 1. The maximum atomic E-state index is 12.9. The van der Waals surface area contributed by atoms with Gasteiger partial charge in [-0.1, -0.05) is 19.1 Å². The molecule has 94 valence electrons. The topological polar surface area (TPSA) is 29.5 Å². The molecule has 2 unspecified atom stereocenters. The first-order valence-corrected chi connectivity index (χ1v) is 6.10. The number of rotatable bonds is 2. The Kier molecular flexibility index (Phi) is 3.23. The van der Waals surface area contributed by atoms with Crippen LogP contribution in [-0.2, 0) is 10.3 Å². The average Bonchev–Trinajstić information content (AvgIpc) is 2.29. The Labute approximate surface area is 101 Å². The molecule has 1 aliphatic heterocycles. The van der Waals surface area contributed by atoms with E-state index in [0.717, 1.165) is 12.0 Å². The van der Waals surface area contributed by atoms with Crippen LogP contribution in [0.25, 0.3) is 0 Å². The standard InChI is InChI=1S/C14H19FO2/c1-3-13(2)10-14(16,8-9-17-13)11-4-6-12(15)7-5-11/h4-7,16H,3,8-10H2,1-2H3. The van der Waals surface area contributed by atoms with Gasteiger partial charge in [0.25, 0.3) is 0 Å². The second kappa shape index (κ2) is 4.39. The molecule has 2 rings (SSSR count). The third-order valence-corrected chi connectivity index (χ3v) is 3.76. The van der Waals surface area contributed by atoms with Gasteiger partial charge in [0.1, 0.15) is 5.82 Å². The molecule has 1 heterocycles. The van der Waals surface area contributed by atoms with E-state index in [2.05, 4.69) is 6.92 Å². The minimum atomic E-state index is -0.892. The highest BCUT2D eigenvalue weighted by Crippen LogP contribution is 2.40. The van der Waals surface area contributed by atoms with Crippen molar-refractivity contribution in [3.63, 3.8) is 0 Å². The zero-order valence-corrected chi connectivity index (χ0v) is 10.4. The summed E-state index contributed by atoms with van der Waals surface area (Å²) in [6.45, 7) is 4.61. The highest BCUT2D eigenvalue weighted by atomic mass is 19.1. The number of ether oxygens (including phenoxy) is 1. The van der Waals surface area contributed by atoms with Crippen LogP contribution in [0.15, 0.2) is 24.3 Å². The second-order valence-corrected chi connectivity index (χ2v) is 5.12. The van der Waals surface area contributed by atoms with Gasteiger partial charge in [-0.3, -0.25) is 0 Å². The highest BCUT2D eigenvalue weighted by molar-refractivity contribution is 5.24. The van der Waals surface area contributed by atoms with Gasteiger partial charge >= 0.3 is 0 Å². The monoisotopic (exact) mass is 238 g/mol. The predicted molar refractivity (Wildman–Crippen MR) is 64.2 cm³/mol. The van der Waals surface area contributed by atoms with Crippen molar-refractivity contribution in [2.24, 2.45) is 0 Å². The SMILES string of the molecule is CCC1(C)CC(O)(c2ccc(F)cc2)CCO1. The Morgan fingerprint density at radius 2 is 2.00 bits per heavy atom. The minimum Gasteiger partial charge on any atom is -0.385 e. The van der Waals surface area contributed by atoms with E-state index >= 15 is 0 Å². The van der Waals surface area contributed by atoms with Gasteiger partial charge in [0.2, 0.25) is 0 Å². The van der Waals surface area contributed by atoms with Crippen LogP contribution in [0.3, 0.4) is 0 Å². The molecule has 17 heavy (non-hydrogen) atoms. The zero-order chi connectivity index (χ0) is 12.5. The molecule has 1 aromatic rings. The van der Waals surface area contributed by atoms with Crippen molar-refractivity contribution >= 4 is 0 Å². The Morgan fingerprint density at radius 3 is 2.59 bits per heavy atom. The normalized spacial score (nSPS) is 33.6. The van der Waals surface area contributed by atoms with Crippen LogP contribution in [0.4, 0.5) is 4.39 Å². The largest absolute Gasteiger partial charge is 0.385 e. The smallest absolute Gasteiger partial charge is 0.123 e. The van der Waals surface area contributed by atoms with E-state index in [0.29, 0.717) is 19.4 Å². The van der Waals surface area contributed by atoms with Crippen LogP contribution in [0.1, 0.15) is 38.7 Å². The van der Waals surface area contributed by atoms with Crippen molar-refractivity contribution in [3.8, 4) is 0 Å². The lowest BCUT2D eigenvalue weighted by Gasteiger charge is -2.43. The maximum Gasteiger partial charge on any atom is 0.123 e. The molecule has 0 radical (unpaired) electrons. The van der Waals surface area contributed by atoms with Crippen LogP contribution in [0.5, 0.6) is 0 Å². The average molecular weight is 238 g/mol. The van der Waals surface area contributed by atoms with Crippen LogP contribution in [0, 0.1) is 5.82 Å². The molecule has 0 bridgehead atoms. The summed E-state index contributed by atoms with van der Waals surface area (Å²) in [5, 5.41) is 10.7. The number of hydrogen-bond acceptors (Lipinski definition) is 2. The van der Waals surface area contributed by atoms with Crippen molar-refractivity contribution in [2.75, 3.05) is 6.61 Å². The first kappa shape index (κ1) is 12.5. The summed E-state index contributed by atoms with van der Waals surface area (Å²) in [6, 6.07) is 6.12. The molecule has 0 saturated carbocycles. The van der Waals surface area contributed by atoms with Gasteiger partial charge < -0.3 is 9.84 Å². The van der Waals surface area contributed by atoms with Gasteiger partial charge in [0.05, 0.1) is 17.8 Å². The molecule has 3 heteroatoms. The zero-order valence-electron chi connectivity index (χ0n) is 10.4. The van der Waals surface area contributed by atoms with Gasteiger partial charge in [0.15, 0.2) is 0 Å². The van der Waals surface area contributed by atoms with Gasteiger partial charge in [-0.15, -0.1) is 0 Å². The van der Waals surface area contributed by atoms with Gasteiger partial charge in [-0.05, 0) is 31.0 Å². The Hall–Kier alpha value is -0.930. The summed E-state index contributed by atoms with van der Waals surface area (Å²) in [5.41, 5.74) is -0.403. The molecular weight excluding hydrogens is 219 g/mol. The fraction of sp³-hybridized carbons (Fsp3) is 0.571. The third-order valence-electron chi connectivity index (χ3n) is 3.76. The van der Waals surface area contributed by atoms with Crippen molar-refractivity contribution in [3.05, 3.63) is 35.6 Å². The second-order valence-electron chi connectivity index (χ2n) is 5.12. The van der Waals surface area contributed by atoms with E-state index in [1.165, 1.54) is 12.1 Å². The van der Waals surface area contributed by atoms with Crippen molar-refractivity contribution in [2.45, 2.75) is 44.3 Å². The summed E-state index contributed by atoms with van der Waals surface area (Å²) in [7, 11) is 0. The lowest BCUT2D eigenvalue weighted by atomic mass is 9.78. The van der Waals surface area contributed by atoms with Crippen molar-refractivity contribution < 1.29 is 14.2 Å². The number of aliphatic hydroxyl groups is 1. The van der Waals surface area contributed by atoms with Crippen molar-refractivity contribution in [1.29, 1.82) is 0 Å². The van der Waals surface area contributed by atoms with Gasteiger partial charge in [-0.2, -0.15) is 0 Å². The molecule has 1 N–H and O–H groups in total. The Balaban J connectivity index is 2.26. The molecule has 2 atom stereocenters. The molecule has 1 aliphatic rings. The van der Waals surface area contributed by atoms with Crippen LogP contribution < -0.4 is 0 Å². The quantitative estimate of drug-likeness (QED) is 0.858. The molecule has 0 spiro atoms. The fourth-order valence-corrected chi connectivity index (χ4v) is 2.46. The summed E-state index contributed by atoms with van der Waals surface area (Å²) in [5.74, 6) is -0.275. The third kappa shape index (κ3) is 2.50.